The first-order chi connectivity index (χ1) is 16.7. The van der Waals surface area contributed by atoms with Crippen molar-refractivity contribution in [2.24, 2.45) is 29.6 Å². The maximum Gasteiger partial charge on any atom is 0.326 e. The Balaban J connectivity index is 1.45. The van der Waals surface area contributed by atoms with Crippen LogP contribution in [0.3, 0.4) is 0 Å². The number of likely N-dealkylation sites (tertiary alicyclic amines) is 1. The third-order valence-electron chi connectivity index (χ3n) is 8.15. The molecule has 8 atom stereocenters. The number of benzene rings is 1. The molecule has 2 aromatic rings. The molecule has 3 fully saturated rings. The number of carboxylic acid groups (broad SMARTS) is 1. The van der Waals surface area contributed by atoms with E-state index in [9.17, 15) is 29.4 Å². The number of carbonyl (C=O) groups excluding carboxylic acids is 2. The third-order valence-corrected chi connectivity index (χ3v) is 10.7. The lowest BCUT2D eigenvalue weighted by atomic mass is 9.68. The number of phenolic OH excluding ortho intramolecular Hbond substituents is 1. The van der Waals surface area contributed by atoms with Gasteiger partial charge in [0, 0.05) is 16.0 Å². The van der Waals surface area contributed by atoms with Crippen LogP contribution < -0.4 is 9.61 Å². The van der Waals surface area contributed by atoms with Crippen molar-refractivity contribution in [2.75, 3.05) is 6.61 Å². The van der Waals surface area contributed by atoms with Gasteiger partial charge in [-0.1, -0.05) is 17.4 Å². The van der Waals surface area contributed by atoms with Gasteiger partial charge in [-0.25, -0.2) is 4.79 Å². The van der Waals surface area contributed by atoms with E-state index in [1.165, 1.54) is 6.92 Å². The summed E-state index contributed by atoms with van der Waals surface area (Å²) in [6.07, 6.45) is 0.719. The van der Waals surface area contributed by atoms with Crippen LogP contribution in [0.25, 0.3) is 0 Å². The highest BCUT2D eigenvalue weighted by Gasteiger charge is 2.70. The monoisotopic (exact) mass is 516 g/mol. The van der Waals surface area contributed by atoms with Crippen LogP contribution in [0.15, 0.2) is 28.0 Å². The topological polar surface area (TPSA) is 137 Å². The first kappa shape index (κ1) is 22.7. The Morgan fingerprint density at radius 1 is 1.23 bits per heavy atom. The lowest BCUT2D eigenvalue weighted by Crippen LogP contribution is -2.44. The Kier molecular flexibility index (Phi) is 5.09. The van der Waals surface area contributed by atoms with E-state index in [1.807, 2.05) is 13.0 Å². The maximum atomic E-state index is 13.4. The second-order valence-electron chi connectivity index (χ2n) is 9.68. The molecule has 0 spiro atoms. The van der Waals surface area contributed by atoms with E-state index in [-0.39, 0.29) is 45.5 Å². The number of aliphatic carboxylic acids is 1. The average molecular weight is 517 g/mol. The van der Waals surface area contributed by atoms with Gasteiger partial charge in [0.15, 0.2) is 11.5 Å². The number of fused-ring (bicyclic) bond motifs is 9. The molecular weight excluding hydrogens is 492 g/mol. The van der Waals surface area contributed by atoms with Gasteiger partial charge < -0.3 is 19.9 Å². The molecule has 9 nitrogen and oxygen atoms in total. The lowest BCUT2D eigenvalue weighted by Gasteiger charge is -2.43. The van der Waals surface area contributed by atoms with Gasteiger partial charge in [-0.05, 0) is 55.7 Å². The lowest BCUT2D eigenvalue weighted by molar-refractivity contribution is -0.154. The molecule has 1 saturated heterocycles. The number of nitrogens with zero attached hydrogens (tertiary/aromatic N) is 1. The van der Waals surface area contributed by atoms with Crippen molar-refractivity contribution in [3.05, 3.63) is 38.3 Å². The number of carboxylic acids is 1. The number of aromatic amines is 1. The maximum absolute atomic E-state index is 13.4. The summed E-state index contributed by atoms with van der Waals surface area (Å²) < 4.78 is 5.62. The number of aromatic nitrogens is 1. The van der Waals surface area contributed by atoms with Crippen LogP contribution in [0.5, 0.6) is 11.5 Å². The number of hydrogen-bond donors (Lipinski definition) is 3. The van der Waals surface area contributed by atoms with Crippen molar-refractivity contribution in [1.82, 2.24) is 9.88 Å². The number of thiazole rings is 1. The van der Waals surface area contributed by atoms with Gasteiger partial charge in [0.2, 0.25) is 11.8 Å². The number of hydrogen-bond acceptors (Lipinski definition) is 8. The number of thioether (sulfide) groups is 1. The SMILES string of the molecule is CCOc1cc([C@@H]2c3sc(=O)[nH]c3S[C@@H]3[C@H]4C[C@@H]([C@@H]5C(=O)N([C@H](C)C(=O)O)C(=O)[C@H]45)[C@H]23)ccc1O. The number of rotatable bonds is 5. The van der Waals surface area contributed by atoms with Crippen LogP contribution in [0.4, 0.5) is 0 Å². The average Bonchev–Trinajstić information content (AvgIpc) is 3.54. The van der Waals surface area contributed by atoms with Gasteiger partial charge in [0.05, 0.1) is 23.5 Å². The van der Waals surface area contributed by atoms with Gasteiger partial charge >= 0.3 is 10.8 Å². The molecule has 6 rings (SSSR count). The molecule has 4 aliphatic rings. The second kappa shape index (κ2) is 7.86. The van der Waals surface area contributed by atoms with Crippen molar-refractivity contribution in [1.29, 1.82) is 0 Å². The van der Waals surface area contributed by atoms with Gasteiger partial charge in [-0.15, -0.1) is 11.8 Å². The van der Waals surface area contributed by atoms with Crippen molar-refractivity contribution in [3.8, 4) is 11.5 Å². The summed E-state index contributed by atoms with van der Waals surface area (Å²) in [5, 5.41) is 20.5. The number of ether oxygens (including phenoxy) is 1. The molecule has 2 aliphatic carbocycles. The minimum Gasteiger partial charge on any atom is -0.504 e. The van der Waals surface area contributed by atoms with Gasteiger partial charge in [-0.3, -0.25) is 19.3 Å². The van der Waals surface area contributed by atoms with Gasteiger partial charge in [-0.2, -0.15) is 0 Å². The number of aromatic hydroxyl groups is 1. The van der Waals surface area contributed by atoms with E-state index >= 15 is 0 Å². The molecule has 3 N–H and O–H groups in total. The van der Waals surface area contributed by atoms with Crippen LogP contribution >= 0.6 is 23.1 Å². The molecule has 2 bridgehead atoms. The Bertz CT molecular complexity index is 1320. The van der Waals surface area contributed by atoms with Crippen LogP contribution in [0, 0.1) is 29.6 Å². The molecule has 2 aliphatic heterocycles. The van der Waals surface area contributed by atoms with Crippen LogP contribution in [-0.4, -0.2) is 55.8 Å². The first-order valence-electron chi connectivity index (χ1n) is 11.7. The standard InChI is InChI=1S/C24H24N2O7S2/c1-3-33-13-6-9(4-5-12(13)27)14-15-10-7-11(18(15)34-20-19(14)35-24(32)25-20)17-16(10)21(28)26(22(17)29)8(2)23(30)31/h4-6,8,10-11,14-18,27H,3,7H2,1-2H3,(H,25,32)(H,30,31)/t8-,10-,11+,14+,15-,16+,17-,18-/m1/s1. The van der Waals surface area contributed by atoms with Crippen molar-refractivity contribution in [2.45, 2.75) is 42.5 Å². The minimum atomic E-state index is -1.20. The Morgan fingerprint density at radius 3 is 2.63 bits per heavy atom. The van der Waals surface area contributed by atoms with Crippen molar-refractivity contribution < 1.29 is 29.3 Å². The van der Waals surface area contributed by atoms with Crippen molar-refractivity contribution >= 4 is 40.9 Å². The molecule has 0 radical (unpaired) electrons. The van der Waals surface area contributed by atoms with E-state index in [1.54, 1.807) is 23.9 Å². The highest BCUT2D eigenvalue weighted by Crippen LogP contribution is 2.68. The summed E-state index contributed by atoms with van der Waals surface area (Å²) in [5.41, 5.74) is 0.884. The summed E-state index contributed by atoms with van der Waals surface area (Å²) in [4.78, 5) is 55.3. The Morgan fingerprint density at radius 2 is 1.94 bits per heavy atom. The van der Waals surface area contributed by atoms with E-state index in [4.69, 9.17) is 4.74 Å². The van der Waals surface area contributed by atoms with Crippen LogP contribution in [0.2, 0.25) is 0 Å². The zero-order valence-corrected chi connectivity index (χ0v) is 20.6. The smallest absolute Gasteiger partial charge is 0.326 e. The van der Waals surface area contributed by atoms with Gasteiger partial charge in [0.1, 0.15) is 6.04 Å². The van der Waals surface area contributed by atoms with Crippen LogP contribution in [-0.2, 0) is 14.4 Å². The quantitative estimate of drug-likeness (QED) is 0.516. The van der Waals surface area contributed by atoms with E-state index < -0.39 is 29.8 Å². The zero-order chi connectivity index (χ0) is 24.8. The van der Waals surface area contributed by atoms with E-state index in [0.29, 0.717) is 12.4 Å². The Labute approximate surface area is 208 Å². The Hall–Kier alpha value is -2.79. The molecule has 35 heavy (non-hydrogen) atoms. The number of phenols is 1. The molecule has 3 heterocycles. The number of nitrogens with one attached hydrogen (secondary N) is 1. The van der Waals surface area contributed by atoms with E-state index in [2.05, 4.69) is 4.98 Å². The summed E-state index contributed by atoms with van der Waals surface area (Å²) in [6.45, 7) is 3.59. The van der Waals surface area contributed by atoms with Gasteiger partial charge in [0.25, 0.3) is 0 Å². The van der Waals surface area contributed by atoms with E-state index in [0.717, 1.165) is 38.1 Å². The minimum absolute atomic E-state index is 0.00480. The molecule has 184 valence electrons. The number of H-pyrrole nitrogens is 1. The first-order valence-corrected chi connectivity index (χ1v) is 13.4. The normalized spacial score (nSPS) is 33.4. The van der Waals surface area contributed by atoms with Crippen LogP contribution in [0.1, 0.15) is 36.6 Å². The highest BCUT2D eigenvalue weighted by molar-refractivity contribution is 8.00. The molecule has 1 aromatic carbocycles. The van der Waals surface area contributed by atoms with Crippen molar-refractivity contribution in [3.63, 3.8) is 0 Å². The molecule has 2 saturated carbocycles. The summed E-state index contributed by atoms with van der Waals surface area (Å²) in [7, 11) is 0. The number of amides is 2. The molecular formula is C24H24N2O7S2. The number of carbonyl (C=O) groups is 3. The highest BCUT2D eigenvalue weighted by atomic mass is 32.2. The third kappa shape index (κ3) is 3.07. The zero-order valence-electron chi connectivity index (χ0n) is 19.0. The predicted octanol–water partition coefficient (Wildman–Crippen LogP) is 2.49. The summed E-state index contributed by atoms with van der Waals surface area (Å²) in [5.74, 6) is -3.05. The fourth-order valence-electron chi connectivity index (χ4n) is 6.90. The number of imide groups is 1. The second-order valence-corrected chi connectivity index (χ2v) is 11.9. The molecule has 2 amide bonds. The fourth-order valence-corrected chi connectivity index (χ4v) is 9.79. The fraction of sp³-hybridized carbons (Fsp3) is 0.500. The largest absolute Gasteiger partial charge is 0.504 e. The molecule has 0 unspecified atom stereocenters. The molecule has 1 aromatic heterocycles. The summed E-state index contributed by atoms with van der Waals surface area (Å²) in [6, 6.07) is 4.01. The predicted molar refractivity (Wildman–Crippen MR) is 127 cm³/mol. The summed E-state index contributed by atoms with van der Waals surface area (Å²) >= 11 is 2.73. The molecule has 11 heteroatoms.